The Morgan fingerprint density at radius 3 is 2.70 bits per heavy atom. The van der Waals surface area contributed by atoms with E-state index in [0.717, 1.165) is 24.1 Å². The van der Waals surface area contributed by atoms with Crippen LogP contribution in [0.25, 0.3) is 0 Å². The SMILES string of the molecule is CNC1CC(C)CC(C)C1N(C)Cc1cccc(C)n1. The van der Waals surface area contributed by atoms with E-state index in [9.17, 15) is 0 Å². The highest BCUT2D eigenvalue weighted by Gasteiger charge is 2.35. The number of hydrogen-bond acceptors (Lipinski definition) is 3. The number of nitrogens with zero attached hydrogens (tertiary/aromatic N) is 2. The van der Waals surface area contributed by atoms with Gasteiger partial charge in [-0.2, -0.15) is 0 Å². The number of nitrogens with one attached hydrogen (secondary N) is 1. The molecule has 0 aliphatic heterocycles. The Morgan fingerprint density at radius 2 is 2.05 bits per heavy atom. The van der Waals surface area contributed by atoms with Crippen molar-refractivity contribution < 1.29 is 0 Å². The summed E-state index contributed by atoms with van der Waals surface area (Å²) in [5.41, 5.74) is 2.28. The van der Waals surface area contributed by atoms with Gasteiger partial charge >= 0.3 is 0 Å². The smallest absolute Gasteiger partial charge is 0.0547 e. The highest BCUT2D eigenvalue weighted by atomic mass is 15.2. The second-order valence-electron chi connectivity index (χ2n) is 6.63. The molecule has 0 bridgehead atoms. The van der Waals surface area contributed by atoms with Crippen molar-refractivity contribution in [3.8, 4) is 0 Å². The minimum atomic E-state index is 0.587. The summed E-state index contributed by atoms with van der Waals surface area (Å²) in [6.07, 6.45) is 2.60. The van der Waals surface area contributed by atoms with Crippen molar-refractivity contribution in [1.29, 1.82) is 0 Å². The second kappa shape index (κ2) is 6.68. The summed E-state index contributed by atoms with van der Waals surface area (Å²) < 4.78 is 0. The van der Waals surface area contributed by atoms with E-state index in [1.54, 1.807) is 0 Å². The summed E-state index contributed by atoms with van der Waals surface area (Å²) in [6.45, 7) is 7.76. The maximum Gasteiger partial charge on any atom is 0.0547 e. The summed E-state index contributed by atoms with van der Waals surface area (Å²) in [5.74, 6) is 1.55. The molecule has 4 unspecified atom stereocenters. The predicted octanol–water partition coefficient (Wildman–Crippen LogP) is 2.84. The van der Waals surface area contributed by atoms with E-state index in [2.05, 4.69) is 68.3 Å². The van der Waals surface area contributed by atoms with Crippen LogP contribution in [0.15, 0.2) is 18.2 Å². The van der Waals surface area contributed by atoms with Gasteiger partial charge in [0.1, 0.15) is 0 Å². The van der Waals surface area contributed by atoms with Gasteiger partial charge < -0.3 is 5.32 Å². The van der Waals surface area contributed by atoms with Gasteiger partial charge in [0, 0.05) is 24.3 Å². The van der Waals surface area contributed by atoms with Crippen LogP contribution in [-0.4, -0.2) is 36.1 Å². The minimum absolute atomic E-state index is 0.587. The highest BCUT2D eigenvalue weighted by Crippen LogP contribution is 2.32. The molecule has 0 saturated heterocycles. The summed E-state index contributed by atoms with van der Waals surface area (Å²) in [4.78, 5) is 7.12. The van der Waals surface area contributed by atoms with Crippen LogP contribution in [0.4, 0.5) is 0 Å². The van der Waals surface area contributed by atoms with Crippen LogP contribution in [0, 0.1) is 18.8 Å². The minimum Gasteiger partial charge on any atom is -0.315 e. The van der Waals surface area contributed by atoms with Crippen LogP contribution < -0.4 is 5.32 Å². The van der Waals surface area contributed by atoms with Crippen molar-refractivity contribution in [2.45, 2.75) is 52.2 Å². The molecule has 1 aromatic rings. The Labute approximate surface area is 123 Å². The molecular weight excluding hydrogens is 246 g/mol. The van der Waals surface area contributed by atoms with Crippen molar-refractivity contribution >= 4 is 0 Å². The van der Waals surface area contributed by atoms with E-state index in [-0.39, 0.29) is 0 Å². The Hall–Kier alpha value is -0.930. The van der Waals surface area contributed by atoms with E-state index in [1.807, 2.05) is 0 Å². The Kier molecular flexibility index (Phi) is 5.17. The first kappa shape index (κ1) is 15.5. The van der Waals surface area contributed by atoms with Crippen molar-refractivity contribution in [2.75, 3.05) is 14.1 Å². The number of hydrogen-bond donors (Lipinski definition) is 1. The molecule has 4 atom stereocenters. The standard InChI is InChI=1S/C17H29N3/c1-12-9-13(2)17(16(10-12)18-4)20(5)11-15-8-6-7-14(3)19-15/h6-8,12-13,16-18H,9-11H2,1-5H3. The number of likely N-dealkylation sites (N-methyl/N-ethyl adjacent to an activating group) is 2. The van der Waals surface area contributed by atoms with Crippen molar-refractivity contribution in [2.24, 2.45) is 11.8 Å². The maximum atomic E-state index is 4.64. The van der Waals surface area contributed by atoms with Gasteiger partial charge in [-0.15, -0.1) is 0 Å². The lowest BCUT2D eigenvalue weighted by Crippen LogP contribution is -2.54. The third kappa shape index (κ3) is 3.58. The largest absolute Gasteiger partial charge is 0.315 e. The van der Waals surface area contributed by atoms with Gasteiger partial charge in [-0.1, -0.05) is 19.9 Å². The fraction of sp³-hybridized carbons (Fsp3) is 0.706. The molecule has 0 radical (unpaired) electrons. The second-order valence-corrected chi connectivity index (χ2v) is 6.63. The molecule has 0 spiro atoms. The lowest BCUT2D eigenvalue weighted by atomic mass is 9.76. The summed E-state index contributed by atoms with van der Waals surface area (Å²) >= 11 is 0. The molecule has 0 amide bonds. The molecule has 1 aromatic heterocycles. The number of aryl methyl sites for hydroxylation is 1. The van der Waals surface area contributed by atoms with Crippen LogP contribution in [0.1, 0.15) is 38.1 Å². The Morgan fingerprint density at radius 1 is 1.30 bits per heavy atom. The van der Waals surface area contributed by atoms with Gasteiger partial charge in [0.25, 0.3) is 0 Å². The monoisotopic (exact) mass is 275 g/mol. The number of pyridine rings is 1. The van der Waals surface area contributed by atoms with Crippen LogP contribution in [-0.2, 0) is 6.54 Å². The maximum absolute atomic E-state index is 4.64. The molecule has 1 N–H and O–H groups in total. The molecule has 3 nitrogen and oxygen atoms in total. The molecular formula is C17H29N3. The number of aromatic nitrogens is 1. The molecule has 1 saturated carbocycles. The average molecular weight is 275 g/mol. The zero-order valence-corrected chi connectivity index (χ0v) is 13.6. The van der Waals surface area contributed by atoms with Crippen LogP contribution in [0.2, 0.25) is 0 Å². The first-order valence-corrected chi connectivity index (χ1v) is 7.81. The molecule has 0 aromatic carbocycles. The fourth-order valence-corrected chi connectivity index (χ4v) is 3.92. The van der Waals surface area contributed by atoms with E-state index in [4.69, 9.17) is 0 Å². The predicted molar refractivity (Wildman–Crippen MR) is 84.6 cm³/mol. The van der Waals surface area contributed by atoms with Gasteiger partial charge in [0.05, 0.1) is 5.69 Å². The van der Waals surface area contributed by atoms with Gasteiger partial charge in [0.15, 0.2) is 0 Å². The highest BCUT2D eigenvalue weighted by molar-refractivity contribution is 5.10. The Balaban J connectivity index is 2.08. The van der Waals surface area contributed by atoms with E-state index >= 15 is 0 Å². The lowest BCUT2D eigenvalue weighted by Gasteiger charge is -2.44. The summed E-state index contributed by atoms with van der Waals surface area (Å²) in [6, 6.07) is 7.48. The van der Waals surface area contributed by atoms with Gasteiger partial charge in [0.2, 0.25) is 0 Å². The molecule has 2 rings (SSSR count). The van der Waals surface area contributed by atoms with Gasteiger partial charge in [-0.25, -0.2) is 0 Å². The van der Waals surface area contributed by atoms with Gasteiger partial charge in [-0.05, 0) is 57.8 Å². The van der Waals surface area contributed by atoms with Crippen LogP contribution in [0.5, 0.6) is 0 Å². The van der Waals surface area contributed by atoms with E-state index in [1.165, 1.54) is 18.5 Å². The zero-order chi connectivity index (χ0) is 14.7. The molecule has 1 aliphatic carbocycles. The summed E-state index contributed by atoms with van der Waals surface area (Å²) in [7, 11) is 4.34. The normalized spacial score (nSPS) is 30.7. The van der Waals surface area contributed by atoms with Gasteiger partial charge in [-0.3, -0.25) is 9.88 Å². The molecule has 112 valence electrons. The van der Waals surface area contributed by atoms with Crippen LogP contribution >= 0.6 is 0 Å². The van der Waals surface area contributed by atoms with E-state index in [0.29, 0.717) is 12.1 Å². The van der Waals surface area contributed by atoms with Crippen molar-refractivity contribution in [1.82, 2.24) is 15.2 Å². The number of rotatable bonds is 4. The third-order valence-corrected chi connectivity index (χ3v) is 4.66. The molecule has 1 heterocycles. The first-order valence-electron chi connectivity index (χ1n) is 7.81. The van der Waals surface area contributed by atoms with E-state index < -0.39 is 0 Å². The fourth-order valence-electron chi connectivity index (χ4n) is 3.92. The molecule has 3 heteroatoms. The quantitative estimate of drug-likeness (QED) is 0.916. The topological polar surface area (TPSA) is 28.2 Å². The van der Waals surface area contributed by atoms with Crippen molar-refractivity contribution in [3.63, 3.8) is 0 Å². The molecule has 1 fully saturated rings. The molecule has 1 aliphatic rings. The average Bonchev–Trinajstić information content (AvgIpc) is 2.37. The zero-order valence-electron chi connectivity index (χ0n) is 13.6. The third-order valence-electron chi connectivity index (χ3n) is 4.66. The Bertz CT molecular complexity index is 432. The van der Waals surface area contributed by atoms with Crippen LogP contribution in [0.3, 0.4) is 0 Å². The first-order chi connectivity index (χ1) is 9.51. The van der Waals surface area contributed by atoms with Crippen molar-refractivity contribution in [3.05, 3.63) is 29.6 Å². The summed E-state index contributed by atoms with van der Waals surface area (Å²) in [5, 5.41) is 3.53. The lowest BCUT2D eigenvalue weighted by molar-refractivity contribution is 0.0777. The molecule has 20 heavy (non-hydrogen) atoms.